The van der Waals surface area contributed by atoms with Gasteiger partial charge in [0.25, 0.3) is 10.1 Å². The lowest BCUT2D eigenvalue weighted by molar-refractivity contribution is 0.156. The zero-order valence-corrected chi connectivity index (χ0v) is 16.7. The molecule has 144 valence electrons. The van der Waals surface area contributed by atoms with Gasteiger partial charge in [0.15, 0.2) is 0 Å². The summed E-state index contributed by atoms with van der Waals surface area (Å²) in [6, 6.07) is 6.76. The second kappa shape index (κ2) is 10.0. The molecule has 1 atom stereocenters. The minimum Gasteiger partial charge on any atom is -0.303 e. The summed E-state index contributed by atoms with van der Waals surface area (Å²) in [5, 5.41) is 0. The molecule has 0 amide bonds. The summed E-state index contributed by atoms with van der Waals surface area (Å²) in [5.74, 6) is 1.30. The van der Waals surface area contributed by atoms with Crippen LogP contribution >= 0.6 is 0 Å². The Kier molecular flexibility index (Phi) is 8.07. The Morgan fingerprint density at radius 2 is 1.92 bits per heavy atom. The van der Waals surface area contributed by atoms with E-state index in [1.165, 1.54) is 12.8 Å². The van der Waals surface area contributed by atoms with Crippen LogP contribution < -0.4 is 0 Å². The number of benzene rings is 1. The van der Waals surface area contributed by atoms with E-state index in [1.807, 2.05) is 19.1 Å². The van der Waals surface area contributed by atoms with Crippen LogP contribution in [-0.4, -0.2) is 39.6 Å². The van der Waals surface area contributed by atoms with Gasteiger partial charge in [0.1, 0.15) is 0 Å². The molecule has 1 fully saturated rings. The summed E-state index contributed by atoms with van der Waals surface area (Å²) in [6.45, 7) is 11.2. The largest absolute Gasteiger partial charge is 0.303 e. The maximum atomic E-state index is 12.1. The van der Waals surface area contributed by atoms with Gasteiger partial charge in [-0.15, -0.1) is 0 Å². The smallest absolute Gasteiger partial charge is 0.296 e. The number of hydrogen-bond donors (Lipinski definition) is 0. The Bertz CT molecular complexity index is 686. The van der Waals surface area contributed by atoms with Gasteiger partial charge in [0.2, 0.25) is 0 Å². The van der Waals surface area contributed by atoms with E-state index in [0.717, 1.165) is 37.5 Å². The summed E-state index contributed by atoms with van der Waals surface area (Å²) < 4.78 is 29.5. The molecule has 1 aromatic carbocycles. The summed E-state index contributed by atoms with van der Waals surface area (Å²) in [7, 11) is -3.64. The molecule has 0 spiro atoms. The van der Waals surface area contributed by atoms with Crippen LogP contribution in [0.3, 0.4) is 0 Å². The molecule has 1 aromatic rings. The molecule has 0 N–H and O–H groups in total. The predicted molar refractivity (Wildman–Crippen MR) is 107 cm³/mol. The molecule has 1 heterocycles. The highest BCUT2D eigenvalue weighted by Gasteiger charge is 2.22. The summed E-state index contributed by atoms with van der Waals surface area (Å²) >= 11 is 0. The standard InChI is InChI=1S/C21H31NO3S/c1-4-5-7-19(3)20-12-15-22(16-13-20)14-6-17-25-26(23,24)21-10-8-18(2)9-11-21/h4-5,7-11,19-20H,1,6,12-17H2,2-3H3. The van der Waals surface area contributed by atoms with Crippen LogP contribution in [0, 0.1) is 18.8 Å². The van der Waals surface area contributed by atoms with Crippen LogP contribution in [0.1, 0.15) is 31.7 Å². The number of allylic oxidation sites excluding steroid dienone is 3. The first-order chi connectivity index (χ1) is 12.4. The van der Waals surface area contributed by atoms with Crippen molar-refractivity contribution in [3.8, 4) is 0 Å². The van der Waals surface area contributed by atoms with Gasteiger partial charge in [0, 0.05) is 6.54 Å². The van der Waals surface area contributed by atoms with Crippen LogP contribution in [0.5, 0.6) is 0 Å². The quantitative estimate of drug-likeness (QED) is 0.368. The molecule has 0 radical (unpaired) electrons. The fourth-order valence-corrected chi connectivity index (χ4v) is 4.29. The van der Waals surface area contributed by atoms with Crippen molar-refractivity contribution in [3.05, 3.63) is 54.6 Å². The molecule has 1 unspecified atom stereocenters. The number of likely N-dealkylation sites (tertiary alicyclic amines) is 1. The van der Waals surface area contributed by atoms with Crippen LogP contribution in [0.4, 0.5) is 0 Å². The third kappa shape index (κ3) is 6.38. The lowest BCUT2D eigenvalue weighted by Gasteiger charge is -2.34. The summed E-state index contributed by atoms with van der Waals surface area (Å²) in [6.07, 6.45) is 9.19. The van der Waals surface area contributed by atoms with E-state index >= 15 is 0 Å². The fraction of sp³-hybridized carbons (Fsp3) is 0.524. The Morgan fingerprint density at radius 3 is 2.54 bits per heavy atom. The third-order valence-corrected chi connectivity index (χ3v) is 6.42. The molecule has 26 heavy (non-hydrogen) atoms. The van der Waals surface area contributed by atoms with Crippen molar-refractivity contribution in [2.45, 2.75) is 38.0 Å². The molecule has 0 aromatic heterocycles. The topological polar surface area (TPSA) is 46.6 Å². The molecule has 1 aliphatic rings. The Balaban J connectivity index is 1.68. The predicted octanol–water partition coefficient (Wildman–Crippen LogP) is 4.18. The highest BCUT2D eigenvalue weighted by molar-refractivity contribution is 7.86. The van der Waals surface area contributed by atoms with E-state index in [1.54, 1.807) is 24.3 Å². The highest BCUT2D eigenvalue weighted by Crippen LogP contribution is 2.26. The van der Waals surface area contributed by atoms with E-state index in [2.05, 4.69) is 24.5 Å². The molecular weight excluding hydrogens is 346 g/mol. The molecule has 1 aliphatic heterocycles. The number of nitrogens with zero attached hydrogens (tertiary/aromatic N) is 1. The zero-order valence-electron chi connectivity index (χ0n) is 15.9. The molecule has 0 saturated carbocycles. The molecule has 0 bridgehead atoms. The first-order valence-electron chi connectivity index (χ1n) is 9.40. The first-order valence-corrected chi connectivity index (χ1v) is 10.8. The zero-order chi connectivity index (χ0) is 19.0. The lowest BCUT2D eigenvalue weighted by Crippen LogP contribution is -2.36. The fourth-order valence-electron chi connectivity index (χ4n) is 3.34. The van der Waals surface area contributed by atoms with Gasteiger partial charge in [0.05, 0.1) is 11.5 Å². The van der Waals surface area contributed by atoms with Crippen molar-refractivity contribution in [1.29, 1.82) is 0 Å². The number of hydrogen-bond acceptors (Lipinski definition) is 4. The molecule has 4 nitrogen and oxygen atoms in total. The van der Waals surface area contributed by atoms with E-state index in [4.69, 9.17) is 4.18 Å². The van der Waals surface area contributed by atoms with Gasteiger partial charge in [-0.05, 0) is 63.2 Å². The van der Waals surface area contributed by atoms with E-state index < -0.39 is 10.1 Å². The second-order valence-electron chi connectivity index (χ2n) is 7.10. The average Bonchev–Trinajstić information content (AvgIpc) is 2.64. The maximum absolute atomic E-state index is 12.1. The Hall–Kier alpha value is -1.43. The molecule has 0 aliphatic carbocycles. The molecule has 5 heteroatoms. The minimum absolute atomic E-state index is 0.227. The summed E-state index contributed by atoms with van der Waals surface area (Å²) in [5.41, 5.74) is 1.03. The van der Waals surface area contributed by atoms with Crippen LogP contribution in [0.15, 0.2) is 54.0 Å². The second-order valence-corrected chi connectivity index (χ2v) is 8.72. The molecule has 1 saturated heterocycles. The number of aryl methyl sites for hydroxylation is 1. The van der Waals surface area contributed by atoms with E-state index in [0.29, 0.717) is 5.92 Å². The third-order valence-electron chi connectivity index (χ3n) is 5.09. The minimum atomic E-state index is -3.64. The van der Waals surface area contributed by atoms with Gasteiger partial charge in [-0.2, -0.15) is 8.42 Å². The lowest BCUT2D eigenvalue weighted by atomic mass is 9.85. The Morgan fingerprint density at radius 1 is 1.27 bits per heavy atom. The van der Waals surface area contributed by atoms with Crippen LogP contribution in [0.25, 0.3) is 0 Å². The average molecular weight is 378 g/mol. The van der Waals surface area contributed by atoms with Gasteiger partial charge < -0.3 is 4.90 Å². The van der Waals surface area contributed by atoms with Crippen molar-refractivity contribution in [3.63, 3.8) is 0 Å². The molecule has 2 rings (SSSR count). The monoisotopic (exact) mass is 377 g/mol. The van der Waals surface area contributed by atoms with Crippen molar-refractivity contribution < 1.29 is 12.6 Å². The van der Waals surface area contributed by atoms with E-state index in [9.17, 15) is 8.42 Å². The Labute approximate surface area is 158 Å². The summed E-state index contributed by atoms with van der Waals surface area (Å²) in [4.78, 5) is 2.63. The van der Waals surface area contributed by atoms with Crippen molar-refractivity contribution in [1.82, 2.24) is 4.90 Å². The van der Waals surface area contributed by atoms with Crippen LogP contribution in [-0.2, 0) is 14.3 Å². The first kappa shape index (κ1) is 20.9. The highest BCUT2D eigenvalue weighted by atomic mass is 32.2. The number of rotatable bonds is 9. The van der Waals surface area contributed by atoms with Crippen LogP contribution in [0.2, 0.25) is 0 Å². The SMILES string of the molecule is C=CC=CC(C)C1CCN(CCCOS(=O)(=O)c2ccc(C)cc2)CC1. The normalized spacial score (nSPS) is 18.2. The number of piperidine rings is 1. The molecular formula is C21H31NO3S. The van der Waals surface area contributed by atoms with Gasteiger partial charge in [-0.25, -0.2) is 0 Å². The van der Waals surface area contributed by atoms with Gasteiger partial charge >= 0.3 is 0 Å². The van der Waals surface area contributed by atoms with Crippen molar-refractivity contribution in [2.75, 3.05) is 26.2 Å². The van der Waals surface area contributed by atoms with Crippen molar-refractivity contribution in [2.24, 2.45) is 11.8 Å². The van der Waals surface area contributed by atoms with Crippen molar-refractivity contribution >= 4 is 10.1 Å². The van der Waals surface area contributed by atoms with Gasteiger partial charge in [-0.1, -0.05) is 49.4 Å². The van der Waals surface area contributed by atoms with Gasteiger partial charge in [-0.3, -0.25) is 4.18 Å². The maximum Gasteiger partial charge on any atom is 0.296 e. The van der Waals surface area contributed by atoms with E-state index in [-0.39, 0.29) is 11.5 Å².